The van der Waals surface area contributed by atoms with E-state index in [2.05, 4.69) is 26.4 Å². The van der Waals surface area contributed by atoms with Crippen molar-refractivity contribution in [1.29, 1.82) is 5.26 Å². The maximum absolute atomic E-state index is 13.2. The van der Waals surface area contributed by atoms with Gasteiger partial charge < -0.3 is 30.5 Å². The van der Waals surface area contributed by atoms with E-state index in [1.807, 2.05) is 58.0 Å². The van der Waals surface area contributed by atoms with Gasteiger partial charge in [-0.1, -0.05) is 61.8 Å². The first-order valence-electron chi connectivity index (χ1n) is 14.1. The number of aromatic nitrogens is 1. The van der Waals surface area contributed by atoms with E-state index in [0.29, 0.717) is 18.6 Å². The summed E-state index contributed by atoms with van der Waals surface area (Å²) in [6.45, 7) is 9.71. The predicted molar refractivity (Wildman–Crippen MR) is 159 cm³/mol. The summed E-state index contributed by atoms with van der Waals surface area (Å²) in [4.78, 5) is 51.4. The topological polar surface area (TPSA) is 175 Å². The molecule has 1 aromatic carbocycles. The molecule has 2 rings (SSSR count). The molecule has 0 spiro atoms. The smallest absolute Gasteiger partial charge is 0.274 e. The minimum absolute atomic E-state index is 0.0118. The van der Waals surface area contributed by atoms with Gasteiger partial charge in [0.15, 0.2) is 5.69 Å². The highest BCUT2D eigenvalue weighted by Crippen LogP contribution is 2.17. The average molecular weight is 595 g/mol. The molecule has 0 aliphatic heterocycles. The van der Waals surface area contributed by atoms with Crippen LogP contribution in [0.2, 0.25) is 0 Å². The Labute approximate surface area is 252 Å². The van der Waals surface area contributed by atoms with Gasteiger partial charge in [0, 0.05) is 26.3 Å². The number of unbranched alkanes of at least 4 members (excludes halogenated alkanes) is 1. The minimum Gasteiger partial charge on any atom is -0.382 e. The molecule has 4 N–H and O–H groups in total. The van der Waals surface area contributed by atoms with Gasteiger partial charge in [0.1, 0.15) is 29.5 Å². The van der Waals surface area contributed by atoms with E-state index < -0.39 is 35.7 Å². The second kappa shape index (κ2) is 16.8. The number of aryl methyl sites for hydroxylation is 2. The van der Waals surface area contributed by atoms with Crippen LogP contribution in [0.4, 0.5) is 0 Å². The van der Waals surface area contributed by atoms with Crippen LogP contribution in [-0.4, -0.2) is 61.1 Å². The summed E-state index contributed by atoms with van der Waals surface area (Å²) in [6, 6.07) is 9.05. The molecule has 0 saturated heterocycles. The fourth-order valence-corrected chi connectivity index (χ4v) is 3.97. The number of ether oxygens (including phenoxy) is 1. The summed E-state index contributed by atoms with van der Waals surface area (Å²) in [5, 5.41) is 23.9. The molecule has 0 saturated carbocycles. The van der Waals surface area contributed by atoms with E-state index in [-0.39, 0.29) is 42.8 Å². The summed E-state index contributed by atoms with van der Waals surface area (Å²) in [5.74, 6) is -1.65. The summed E-state index contributed by atoms with van der Waals surface area (Å²) < 4.78 is 10.1. The Balaban J connectivity index is 2.05. The van der Waals surface area contributed by atoms with Gasteiger partial charge in [0.25, 0.3) is 11.8 Å². The van der Waals surface area contributed by atoms with Gasteiger partial charge in [-0.05, 0) is 44.1 Å². The second-order valence-corrected chi connectivity index (χ2v) is 11.4. The minimum atomic E-state index is -1.10. The van der Waals surface area contributed by atoms with Crippen molar-refractivity contribution < 1.29 is 28.4 Å². The summed E-state index contributed by atoms with van der Waals surface area (Å²) in [6.07, 6.45) is 2.86. The molecule has 2 atom stereocenters. The van der Waals surface area contributed by atoms with E-state index in [1.54, 1.807) is 13.0 Å². The van der Waals surface area contributed by atoms with Gasteiger partial charge in [-0.15, -0.1) is 0 Å². The van der Waals surface area contributed by atoms with Crippen LogP contribution in [0.1, 0.15) is 67.4 Å². The number of carbonyl (C=O) groups is 4. The Bertz CT molecular complexity index is 1320. The molecular weight excluding hydrogens is 552 g/mol. The lowest BCUT2D eigenvalue weighted by Gasteiger charge is -2.23. The van der Waals surface area contributed by atoms with Crippen LogP contribution in [-0.2, 0) is 25.7 Å². The largest absolute Gasteiger partial charge is 0.382 e. The number of hydrogen-bond donors (Lipinski definition) is 4. The van der Waals surface area contributed by atoms with Crippen molar-refractivity contribution >= 4 is 23.6 Å². The van der Waals surface area contributed by atoms with Crippen LogP contribution < -0.4 is 21.3 Å². The van der Waals surface area contributed by atoms with Crippen molar-refractivity contribution in [3.05, 3.63) is 64.6 Å². The zero-order chi connectivity index (χ0) is 32.0. The lowest BCUT2D eigenvalue weighted by atomic mass is 9.93. The Kier molecular flexibility index (Phi) is 13.6. The highest BCUT2D eigenvalue weighted by atomic mass is 16.5. The molecule has 4 amide bonds. The summed E-state index contributed by atoms with van der Waals surface area (Å²) in [7, 11) is 1.39. The maximum atomic E-state index is 13.2. The van der Waals surface area contributed by atoms with Crippen molar-refractivity contribution in [2.45, 2.75) is 72.5 Å². The normalized spacial score (nSPS) is 12.9. The van der Waals surface area contributed by atoms with Gasteiger partial charge in [-0.2, -0.15) is 5.26 Å². The molecule has 0 aliphatic carbocycles. The standard InChI is InChI=1S/C31H42N6O6/c1-20-10-12-22(13-11-20)18-34-28(39)24(9-7-8-14-33-27(38)23(17-32)16-31(3,4)5)35-30(41)26(19-42-6)36-29(40)25-15-21(2)43-37-25/h10-13,15-16,24,26H,7-9,14,18-19H2,1-6H3,(H,33,38)(H,34,39)(H,35,41)(H,36,40). The molecule has 0 radical (unpaired) electrons. The third-order valence-corrected chi connectivity index (χ3v) is 6.18. The highest BCUT2D eigenvalue weighted by Gasteiger charge is 2.28. The number of nitrogens with one attached hydrogen (secondary N) is 4. The number of amides is 4. The average Bonchev–Trinajstić information content (AvgIpc) is 3.40. The van der Waals surface area contributed by atoms with Crippen LogP contribution in [0.3, 0.4) is 0 Å². The van der Waals surface area contributed by atoms with E-state index >= 15 is 0 Å². The lowest BCUT2D eigenvalue weighted by molar-refractivity contribution is -0.130. The van der Waals surface area contributed by atoms with Crippen molar-refractivity contribution in [2.75, 3.05) is 20.3 Å². The molecule has 0 fully saturated rings. The van der Waals surface area contributed by atoms with Crippen LogP contribution in [0.5, 0.6) is 0 Å². The van der Waals surface area contributed by atoms with E-state index in [9.17, 15) is 24.4 Å². The van der Waals surface area contributed by atoms with Crippen molar-refractivity contribution in [3.8, 4) is 6.07 Å². The number of hydrogen-bond acceptors (Lipinski definition) is 8. The molecule has 0 bridgehead atoms. The van der Waals surface area contributed by atoms with Gasteiger partial charge in [0.05, 0.1) is 6.61 Å². The van der Waals surface area contributed by atoms with Crippen molar-refractivity contribution in [3.63, 3.8) is 0 Å². The van der Waals surface area contributed by atoms with Crippen molar-refractivity contribution in [1.82, 2.24) is 26.4 Å². The quantitative estimate of drug-likeness (QED) is 0.138. The molecule has 43 heavy (non-hydrogen) atoms. The molecule has 232 valence electrons. The molecular formula is C31H42N6O6. The Morgan fingerprint density at radius 3 is 2.30 bits per heavy atom. The number of nitrogens with zero attached hydrogens (tertiary/aromatic N) is 2. The number of allylic oxidation sites excluding steroid dienone is 1. The lowest BCUT2D eigenvalue weighted by Crippen LogP contribution is -2.55. The summed E-state index contributed by atoms with van der Waals surface area (Å²) in [5.41, 5.74) is 1.72. The van der Waals surface area contributed by atoms with Crippen LogP contribution in [0, 0.1) is 30.6 Å². The zero-order valence-corrected chi connectivity index (χ0v) is 25.7. The number of methoxy groups -OCH3 is 1. The van der Waals surface area contributed by atoms with Crippen LogP contribution >= 0.6 is 0 Å². The molecule has 12 nitrogen and oxygen atoms in total. The van der Waals surface area contributed by atoms with Gasteiger partial charge in [-0.25, -0.2) is 0 Å². The fraction of sp³-hybridized carbons (Fsp3) is 0.484. The molecule has 0 aliphatic rings. The second-order valence-electron chi connectivity index (χ2n) is 11.4. The van der Waals surface area contributed by atoms with E-state index in [4.69, 9.17) is 9.26 Å². The number of nitriles is 1. The van der Waals surface area contributed by atoms with Gasteiger partial charge in [-0.3, -0.25) is 19.2 Å². The predicted octanol–water partition coefficient (Wildman–Crippen LogP) is 2.62. The zero-order valence-electron chi connectivity index (χ0n) is 25.7. The SMILES string of the molecule is COCC(NC(=O)c1cc(C)on1)C(=O)NC(CCCCNC(=O)C(C#N)=CC(C)(C)C)C(=O)NCc1ccc(C)cc1. The molecule has 12 heteroatoms. The monoisotopic (exact) mass is 594 g/mol. The fourth-order valence-electron chi connectivity index (χ4n) is 3.97. The maximum Gasteiger partial charge on any atom is 0.274 e. The highest BCUT2D eigenvalue weighted by molar-refractivity contribution is 5.98. The Hall–Kier alpha value is -4.50. The third kappa shape index (κ3) is 12.5. The number of carbonyl (C=O) groups excluding carboxylic acids is 4. The van der Waals surface area contributed by atoms with E-state index in [0.717, 1.165) is 11.1 Å². The third-order valence-electron chi connectivity index (χ3n) is 6.18. The number of rotatable bonds is 15. The molecule has 2 aromatic rings. The summed E-state index contributed by atoms with van der Waals surface area (Å²) >= 11 is 0. The first-order valence-corrected chi connectivity index (χ1v) is 14.1. The molecule has 2 unspecified atom stereocenters. The first kappa shape index (κ1) is 34.7. The van der Waals surface area contributed by atoms with E-state index in [1.165, 1.54) is 13.2 Å². The van der Waals surface area contributed by atoms with Gasteiger partial charge in [0.2, 0.25) is 11.8 Å². The molecule has 1 aromatic heterocycles. The molecule has 1 heterocycles. The van der Waals surface area contributed by atoms with Gasteiger partial charge >= 0.3 is 0 Å². The Morgan fingerprint density at radius 2 is 1.72 bits per heavy atom. The number of benzene rings is 1. The Morgan fingerprint density at radius 1 is 1.02 bits per heavy atom. The van der Waals surface area contributed by atoms with Crippen LogP contribution in [0.25, 0.3) is 0 Å². The van der Waals surface area contributed by atoms with Crippen LogP contribution in [0.15, 0.2) is 46.5 Å². The van der Waals surface area contributed by atoms with Crippen molar-refractivity contribution in [2.24, 2.45) is 5.41 Å². The first-order chi connectivity index (χ1) is 20.3.